The molecule has 0 aliphatic carbocycles. The predicted octanol–water partition coefficient (Wildman–Crippen LogP) is 6.20. The summed E-state index contributed by atoms with van der Waals surface area (Å²) in [5, 5.41) is 6.19. The third-order valence-corrected chi connectivity index (χ3v) is 8.65. The topological polar surface area (TPSA) is 48.1 Å². The largest absolute Gasteiger partial charge is 0.360 e. The van der Waals surface area contributed by atoms with Gasteiger partial charge in [-0.1, -0.05) is 31.2 Å². The van der Waals surface area contributed by atoms with Gasteiger partial charge >= 0.3 is 0 Å². The van der Waals surface area contributed by atoms with Crippen LogP contribution in [0.4, 0.5) is 0 Å². The molecular formula is C23H33BrClN5OSi. The molecule has 1 saturated heterocycles. The van der Waals surface area contributed by atoms with Crippen molar-refractivity contribution >= 4 is 46.5 Å². The molecule has 0 atom stereocenters. The van der Waals surface area contributed by atoms with Crippen LogP contribution in [0.15, 0.2) is 23.1 Å². The second kappa shape index (κ2) is 9.58. The van der Waals surface area contributed by atoms with Crippen molar-refractivity contribution in [1.82, 2.24) is 24.2 Å². The molecule has 9 heteroatoms. The van der Waals surface area contributed by atoms with Crippen LogP contribution in [0, 0.1) is 6.92 Å². The highest BCUT2D eigenvalue weighted by molar-refractivity contribution is 9.10. The second-order valence-electron chi connectivity index (χ2n) is 10.1. The minimum absolute atomic E-state index is 0.419. The van der Waals surface area contributed by atoms with Crippen LogP contribution >= 0.6 is 27.5 Å². The van der Waals surface area contributed by atoms with Crippen LogP contribution in [-0.2, 0) is 11.5 Å². The number of pyridine rings is 1. The minimum Gasteiger partial charge on any atom is -0.360 e. The van der Waals surface area contributed by atoms with Crippen molar-refractivity contribution < 1.29 is 4.74 Å². The Bertz CT molecular complexity index is 1100. The molecule has 1 fully saturated rings. The molecule has 0 saturated carbocycles. The summed E-state index contributed by atoms with van der Waals surface area (Å²) in [6.07, 6.45) is 6.52. The molecule has 0 radical (unpaired) electrons. The lowest BCUT2D eigenvalue weighted by atomic mass is 10.1. The molecule has 0 bridgehead atoms. The van der Waals surface area contributed by atoms with Crippen molar-refractivity contribution in [3.8, 4) is 11.1 Å². The lowest BCUT2D eigenvalue weighted by molar-refractivity contribution is 0.0786. The van der Waals surface area contributed by atoms with Crippen LogP contribution in [0.25, 0.3) is 22.0 Å². The van der Waals surface area contributed by atoms with Crippen LogP contribution in [-0.4, -0.2) is 59.0 Å². The van der Waals surface area contributed by atoms with Gasteiger partial charge in [-0.3, -0.25) is 0 Å². The zero-order chi connectivity index (χ0) is 23.0. The summed E-state index contributed by atoms with van der Waals surface area (Å²) in [7, 11) is 1.08. The lowest BCUT2D eigenvalue weighted by Crippen LogP contribution is -2.31. The first-order valence-corrected chi connectivity index (χ1v) is 16.2. The molecular weight excluding hydrogens is 506 g/mol. The van der Waals surface area contributed by atoms with Gasteiger partial charge in [-0.05, 0) is 67.9 Å². The first-order chi connectivity index (χ1) is 15.1. The first kappa shape index (κ1) is 23.9. The van der Waals surface area contributed by atoms with Crippen molar-refractivity contribution in [1.29, 1.82) is 0 Å². The van der Waals surface area contributed by atoms with Crippen LogP contribution in [0.1, 0.15) is 24.6 Å². The molecule has 174 valence electrons. The van der Waals surface area contributed by atoms with E-state index in [4.69, 9.17) is 21.3 Å². The number of aryl methyl sites for hydroxylation is 1. The Hall–Kier alpha value is -1.19. The maximum atomic E-state index is 6.64. The van der Waals surface area contributed by atoms with Crippen molar-refractivity contribution in [2.75, 3.05) is 26.7 Å². The average molecular weight is 539 g/mol. The molecule has 0 spiro atoms. The SMILES string of the molecule is Cc1nc(Br)cc2c(-c3cn(COCC[Si](C)(C)C)nc3Cl)cn(C3CCN(C)CC3)c12. The Morgan fingerprint density at radius 2 is 1.91 bits per heavy atom. The number of nitrogens with zero attached hydrogens (tertiary/aromatic N) is 5. The molecule has 4 rings (SSSR count). The summed E-state index contributed by atoms with van der Waals surface area (Å²) in [6, 6.07) is 3.70. The maximum absolute atomic E-state index is 6.64. The maximum Gasteiger partial charge on any atom is 0.159 e. The Labute approximate surface area is 205 Å². The Morgan fingerprint density at radius 1 is 1.19 bits per heavy atom. The molecule has 0 unspecified atom stereocenters. The Kier molecular flexibility index (Phi) is 7.17. The number of piperidine rings is 1. The van der Waals surface area contributed by atoms with E-state index in [-0.39, 0.29) is 0 Å². The fraction of sp³-hybridized carbons (Fsp3) is 0.565. The van der Waals surface area contributed by atoms with E-state index in [2.05, 4.69) is 76.4 Å². The molecule has 1 aliphatic rings. The molecule has 0 aromatic carbocycles. The van der Waals surface area contributed by atoms with E-state index >= 15 is 0 Å². The number of rotatable bonds is 7. The van der Waals surface area contributed by atoms with E-state index in [1.165, 1.54) is 5.52 Å². The Balaban J connectivity index is 1.66. The van der Waals surface area contributed by atoms with Crippen LogP contribution in [0.5, 0.6) is 0 Å². The van der Waals surface area contributed by atoms with Gasteiger partial charge in [-0.15, -0.1) is 0 Å². The molecule has 4 heterocycles. The molecule has 3 aromatic rings. The Morgan fingerprint density at radius 3 is 2.59 bits per heavy atom. The summed E-state index contributed by atoms with van der Waals surface area (Å²) in [4.78, 5) is 7.09. The third-order valence-electron chi connectivity index (χ3n) is 6.26. The molecule has 0 N–H and O–H groups in total. The van der Waals surface area contributed by atoms with Crippen molar-refractivity contribution in [3.05, 3.63) is 33.9 Å². The minimum atomic E-state index is -1.11. The van der Waals surface area contributed by atoms with Crippen LogP contribution in [0.2, 0.25) is 30.8 Å². The number of aromatic nitrogens is 4. The molecule has 6 nitrogen and oxygen atoms in total. The van der Waals surface area contributed by atoms with E-state index in [1.54, 1.807) is 0 Å². The van der Waals surface area contributed by atoms with E-state index < -0.39 is 8.07 Å². The number of halogens is 2. The number of fused-ring (bicyclic) bond motifs is 1. The standard InChI is InChI=1S/C23H33BrClN5OSi/c1-16-22-18(12-21(24)26-16)19(14-30(22)17-6-8-28(2)9-7-17)20-13-29(27-23(20)25)15-31-10-11-32(3,4)5/h12-14,17H,6-11,15H2,1-5H3. The summed E-state index contributed by atoms with van der Waals surface area (Å²) >= 11 is 10.2. The zero-order valence-corrected chi connectivity index (χ0v) is 23.0. The third kappa shape index (κ3) is 5.30. The van der Waals surface area contributed by atoms with Gasteiger partial charge in [0.1, 0.15) is 11.3 Å². The monoisotopic (exact) mass is 537 g/mol. The number of hydrogen-bond donors (Lipinski definition) is 0. The van der Waals surface area contributed by atoms with Gasteiger partial charge in [0.15, 0.2) is 5.15 Å². The fourth-order valence-electron chi connectivity index (χ4n) is 4.39. The number of likely N-dealkylation sites (tertiary alicyclic amines) is 1. The van der Waals surface area contributed by atoms with Crippen molar-refractivity contribution in [2.24, 2.45) is 0 Å². The van der Waals surface area contributed by atoms with E-state index in [0.717, 1.165) is 65.4 Å². The van der Waals surface area contributed by atoms with Gasteiger partial charge < -0.3 is 14.2 Å². The van der Waals surface area contributed by atoms with Crippen molar-refractivity contribution in [2.45, 2.75) is 58.2 Å². The summed E-state index contributed by atoms with van der Waals surface area (Å²) < 4.78 is 11.0. The summed E-state index contributed by atoms with van der Waals surface area (Å²) in [5.74, 6) is 0. The quantitative estimate of drug-likeness (QED) is 0.204. The second-order valence-corrected chi connectivity index (χ2v) is 16.9. The zero-order valence-electron chi connectivity index (χ0n) is 19.7. The fourth-order valence-corrected chi connectivity index (χ4v) is 5.89. The number of hydrogen-bond acceptors (Lipinski definition) is 4. The first-order valence-electron chi connectivity index (χ1n) is 11.3. The van der Waals surface area contributed by atoms with Gasteiger partial charge in [0.05, 0.1) is 11.2 Å². The van der Waals surface area contributed by atoms with Gasteiger partial charge in [0, 0.05) is 49.6 Å². The van der Waals surface area contributed by atoms with Crippen molar-refractivity contribution in [3.63, 3.8) is 0 Å². The van der Waals surface area contributed by atoms with Crippen LogP contribution in [0.3, 0.4) is 0 Å². The van der Waals surface area contributed by atoms with E-state index in [1.807, 2.05) is 10.9 Å². The highest BCUT2D eigenvalue weighted by atomic mass is 79.9. The smallest absolute Gasteiger partial charge is 0.159 e. The molecule has 1 aliphatic heterocycles. The predicted molar refractivity (Wildman–Crippen MR) is 138 cm³/mol. The molecule has 32 heavy (non-hydrogen) atoms. The molecule has 0 amide bonds. The van der Waals surface area contributed by atoms with E-state index in [9.17, 15) is 0 Å². The summed E-state index contributed by atoms with van der Waals surface area (Å²) in [6.45, 7) is 12.5. The average Bonchev–Trinajstić information content (AvgIpc) is 3.25. The highest BCUT2D eigenvalue weighted by Crippen LogP contribution is 2.39. The van der Waals surface area contributed by atoms with Crippen LogP contribution < -0.4 is 0 Å². The lowest BCUT2D eigenvalue weighted by Gasteiger charge is -2.30. The van der Waals surface area contributed by atoms with Gasteiger partial charge in [0.25, 0.3) is 0 Å². The van der Waals surface area contributed by atoms with Gasteiger partial charge in [-0.25, -0.2) is 9.67 Å². The summed E-state index contributed by atoms with van der Waals surface area (Å²) in [5.41, 5.74) is 4.25. The van der Waals surface area contributed by atoms with Gasteiger partial charge in [-0.2, -0.15) is 5.10 Å². The molecule has 3 aromatic heterocycles. The number of ether oxygens (including phenoxy) is 1. The highest BCUT2D eigenvalue weighted by Gasteiger charge is 2.24. The normalized spacial score (nSPS) is 16.3. The van der Waals surface area contributed by atoms with Gasteiger partial charge in [0.2, 0.25) is 0 Å². The van der Waals surface area contributed by atoms with E-state index in [0.29, 0.717) is 17.9 Å².